The van der Waals surface area contributed by atoms with Gasteiger partial charge in [0.2, 0.25) is 0 Å². The summed E-state index contributed by atoms with van der Waals surface area (Å²) in [6, 6.07) is 7.11. The van der Waals surface area contributed by atoms with Gasteiger partial charge in [0.25, 0.3) is 5.91 Å². The van der Waals surface area contributed by atoms with Crippen LogP contribution in [0, 0.1) is 0 Å². The highest BCUT2D eigenvalue weighted by atomic mass is 35.5. The van der Waals surface area contributed by atoms with E-state index in [2.05, 4.69) is 5.32 Å². The van der Waals surface area contributed by atoms with Crippen LogP contribution in [0.1, 0.15) is 26.7 Å². The second-order valence-electron chi connectivity index (χ2n) is 3.92. The molecule has 0 radical (unpaired) electrons. The van der Waals surface area contributed by atoms with Crippen molar-refractivity contribution in [1.29, 1.82) is 0 Å². The molecule has 0 saturated carbocycles. The minimum Gasteiger partial charge on any atom is -0.478 e. The van der Waals surface area contributed by atoms with E-state index in [-0.39, 0.29) is 22.9 Å². The van der Waals surface area contributed by atoms with Crippen molar-refractivity contribution in [3.05, 3.63) is 52.4 Å². The van der Waals surface area contributed by atoms with E-state index in [4.69, 9.17) is 26.9 Å². The molecule has 0 spiro atoms. The summed E-state index contributed by atoms with van der Waals surface area (Å²) in [6.07, 6.45) is 0. The Morgan fingerprint density at radius 1 is 1.30 bits per heavy atom. The van der Waals surface area contributed by atoms with E-state index in [1.165, 1.54) is 24.3 Å². The summed E-state index contributed by atoms with van der Waals surface area (Å²) in [6.45, 7) is 0.196. The molecule has 0 aliphatic carbocycles. The maximum Gasteiger partial charge on any atom is 0.335 e. The third-order valence-electron chi connectivity index (χ3n) is 2.55. The molecule has 0 aliphatic rings. The third-order valence-corrected chi connectivity index (χ3v) is 2.86. The first-order valence-corrected chi connectivity index (χ1v) is 6.02. The molecule has 0 unspecified atom stereocenters. The fourth-order valence-corrected chi connectivity index (χ4v) is 1.77. The first-order chi connectivity index (χ1) is 9.51. The maximum absolute atomic E-state index is 11.9. The molecule has 0 saturated heterocycles. The van der Waals surface area contributed by atoms with Gasteiger partial charge in [0.1, 0.15) is 5.76 Å². The van der Waals surface area contributed by atoms with Crippen LogP contribution < -0.4 is 11.1 Å². The predicted molar refractivity (Wildman–Crippen MR) is 73.0 cm³/mol. The number of nitrogens with one attached hydrogen (secondary N) is 1. The molecule has 2 rings (SSSR count). The lowest BCUT2D eigenvalue weighted by molar-refractivity contribution is 0.0696. The minimum absolute atomic E-state index is 0.0383. The van der Waals surface area contributed by atoms with Gasteiger partial charge in [0.05, 0.1) is 22.8 Å². The number of hydrogen-bond acceptors (Lipinski definition) is 4. The molecule has 6 nitrogen and oxygen atoms in total. The van der Waals surface area contributed by atoms with Crippen LogP contribution in [-0.2, 0) is 6.54 Å². The number of anilines is 1. The number of nitrogens with two attached hydrogens (primary N) is 1. The highest BCUT2D eigenvalue weighted by molar-refractivity contribution is 6.34. The summed E-state index contributed by atoms with van der Waals surface area (Å²) in [5, 5.41) is 11.5. The molecule has 4 N–H and O–H groups in total. The van der Waals surface area contributed by atoms with E-state index in [1.54, 1.807) is 6.07 Å². The zero-order valence-electron chi connectivity index (χ0n) is 10.2. The van der Waals surface area contributed by atoms with Gasteiger partial charge in [0, 0.05) is 0 Å². The van der Waals surface area contributed by atoms with Crippen molar-refractivity contribution >= 4 is 29.2 Å². The average Bonchev–Trinajstić information content (AvgIpc) is 2.89. The standard InChI is InChI=1S/C13H11ClN2O4/c14-9-5-7(13(18)19)1-3-10(9)16-12(17)11-4-2-8(6-15)20-11/h1-5H,6,15H2,(H,16,17)(H,18,19). The Balaban J connectivity index is 2.17. The van der Waals surface area contributed by atoms with Gasteiger partial charge < -0.3 is 20.6 Å². The van der Waals surface area contributed by atoms with Gasteiger partial charge >= 0.3 is 5.97 Å². The molecule has 104 valence electrons. The highest BCUT2D eigenvalue weighted by Crippen LogP contribution is 2.24. The van der Waals surface area contributed by atoms with Crippen molar-refractivity contribution in [3.63, 3.8) is 0 Å². The predicted octanol–water partition coefficient (Wildman–Crippen LogP) is 2.34. The summed E-state index contributed by atoms with van der Waals surface area (Å²) in [4.78, 5) is 22.7. The number of halogens is 1. The second-order valence-corrected chi connectivity index (χ2v) is 4.33. The summed E-state index contributed by atoms with van der Waals surface area (Å²) in [5.41, 5.74) is 5.72. The largest absolute Gasteiger partial charge is 0.478 e. The number of carbonyl (C=O) groups is 2. The van der Waals surface area contributed by atoms with Crippen LogP contribution in [0.15, 0.2) is 34.7 Å². The Kier molecular flexibility index (Phi) is 4.07. The normalized spacial score (nSPS) is 10.3. The van der Waals surface area contributed by atoms with Gasteiger partial charge in [-0.3, -0.25) is 4.79 Å². The first kappa shape index (κ1) is 14.1. The van der Waals surface area contributed by atoms with Crippen LogP contribution >= 0.6 is 11.6 Å². The zero-order chi connectivity index (χ0) is 14.7. The van der Waals surface area contributed by atoms with Crippen LogP contribution in [0.5, 0.6) is 0 Å². The van der Waals surface area contributed by atoms with E-state index in [9.17, 15) is 9.59 Å². The van der Waals surface area contributed by atoms with Crippen molar-refractivity contribution in [1.82, 2.24) is 0 Å². The molecule has 1 aromatic carbocycles. The van der Waals surface area contributed by atoms with E-state index in [1.807, 2.05) is 0 Å². The van der Waals surface area contributed by atoms with Crippen LogP contribution in [0.3, 0.4) is 0 Å². The Hall–Kier alpha value is -2.31. The van der Waals surface area contributed by atoms with E-state index in [0.717, 1.165) is 0 Å². The van der Waals surface area contributed by atoms with Crippen LogP contribution in [-0.4, -0.2) is 17.0 Å². The van der Waals surface area contributed by atoms with Crippen molar-refractivity contribution in [3.8, 4) is 0 Å². The van der Waals surface area contributed by atoms with Crippen molar-refractivity contribution in [2.45, 2.75) is 6.54 Å². The quantitative estimate of drug-likeness (QED) is 0.802. The summed E-state index contributed by atoms with van der Waals surface area (Å²) < 4.78 is 5.19. The lowest BCUT2D eigenvalue weighted by Crippen LogP contribution is -2.11. The van der Waals surface area contributed by atoms with E-state index >= 15 is 0 Å². The Labute approximate surface area is 119 Å². The summed E-state index contributed by atoms with van der Waals surface area (Å²) in [7, 11) is 0. The topological polar surface area (TPSA) is 106 Å². The minimum atomic E-state index is -1.09. The van der Waals surface area contributed by atoms with Crippen LogP contribution in [0.25, 0.3) is 0 Å². The summed E-state index contributed by atoms with van der Waals surface area (Å²) in [5.74, 6) is -0.996. The molecule has 0 aliphatic heterocycles. The number of carboxylic acids is 1. The smallest absolute Gasteiger partial charge is 0.335 e. The SMILES string of the molecule is NCc1ccc(C(=O)Nc2ccc(C(=O)O)cc2Cl)o1. The molecular formula is C13H11ClN2O4. The molecule has 1 amide bonds. The number of benzene rings is 1. The van der Waals surface area contributed by atoms with Crippen LogP contribution in [0.4, 0.5) is 5.69 Å². The monoisotopic (exact) mass is 294 g/mol. The molecule has 20 heavy (non-hydrogen) atoms. The number of amides is 1. The summed E-state index contributed by atoms with van der Waals surface area (Å²) >= 11 is 5.91. The molecule has 1 heterocycles. The molecule has 0 bridgehead atoms. The first-order valence-electron chi connectivity index (χ1n) is 5.64. The number of rotatable bonds is 4. The third kappa shape index (κ3) is 2.98. The number of furan rings is 1. The second kappa shape index (κ2) is 5.77. The Morgan fingerprint density at radius 3 is 2.60 bits per heavy atom. The lowest BCUT2D eigenvalue weighted by Gasteiger charge is -2.06. The molecule has 0 fully saturated rings. The Bertz CT molecular complexity index is 666. The molecule has 1 aromatic heterocycles. The van der Waals surface area contributed by atoms with Crippen molar-refractivity contribution < 1.29 is 19.1 Å². The van der Waals surface area contributed by atoms with Crippen LogP contribution in [0.2, 0.25) is 5.02 Å². The van der Waals surface area contributed by atoms with Gasteiger partial charge in [0.15, 0.2) is 5.76 Å². The van der Waals surface area contributed by atoms with E-state index in [0.29, 0.717) is 11.4 Å². The molecular weight excluding hydrogens is 284 g/mol. The van der Waals surface area contributed by atoms with Crippen molar-refractivity contribution in [2.24, 2.45) is 5.73 Å². The molecule has 7 heteroatoms. The maximum atomic E-state index is 11.9. The lowest BCUT2D eigenvalue weighted by atomic mass is 10.2. The van der Waals surface area contributed by atoms with Gasteiger partial charge in [-0.15, -0.1) is 0 Å². The highest BCUT2D eigenvalue weighted by Gasteiger charge is 2.14. The van der Waals surface area contributed by atoms with Gasteiger partial charge in [-0.25, -0.2) is 4.79 Å². The number of carbonyl (C=O) groups excluding carboxylic acids is 1. The molecule has 2 aromatic rings. The number of aromatic carboxylic acids is 1. The van der Waals surface area contributed by atoms with Gasteiger partial charge in [-0.2, -0.15) is 0 Å². The molecule has 0 atom stereocenters. The zero-order valence-corrected chi connectivity index (χ0v) is 11.0. The number of carboxylic acid groups (broad SMARTS) is 1. The Morgan fingerprint density at radius 2 is 2.05 bits per heavy atom. The number of hydrogen-bond donors (Lipinski definition) is 3. The fraction of sp³-hybridized carbons (Fsp3) is 0.0769. The van der Waals surface area contributed by atoms with E-state index < -0.39 is 11.9 Å². The van der Waals surface area contributed by atoms with Crippen molar-refractivity contribution in [2.75, 3.05) is 5.32 Å². The average molecular weight is 295 g/mol. The fourth-order valence-electron chi connectivity index (χ4n) is 1.54. The van der Waals surface area contributed by atoms with Gasteiger partial charge in [-0.1, -0.05) is 11.6 Å². The van der Waals surface area contributed by atoms with Gasteiger partial charge in [-0.05, 0) is 30.3 Å².